The summed E-state index contributed by atoms with van der Waals surface area (Å²) >= 11 is 0. The molecule has 0 radical (unpaired) electrons. The first-order valence-electron chi connectivity index (χ1n) is 12.2. The number of likely N-dealkylation sites (N-methyl/N-ethyl adjacent to an activating group) is 1. The van der Waals surface area contributed by atoms with Crippen LogP contribution in [0.25, 0.3) is 11.3 Å². The molecule has 198 valence electrons. The number of anilines is 2. The van der Waals surface area contributed by atoms with E-state index in [1.807, 2.05) is 58.0 Å². The van der Waals surface area contributed by atoms with Gasteiger partial charge in [-0.1, -0.05) is 26.1 Å². The van der Waals surface area contributed by atoms with Gasteiger partial charge in [-0.25, -0.2) is 14.4 Å². The Morgan fingerprint density at radius 2 is 1.95 bits per heavy atom. The summed E-state index contributed by atoms with van der Waals surface area (Å²) < 4.78 is 14.5. The molecule has 7 nitrogen and oxygen atoms in total. The average Bonchev–Trinajstić information content (AvgIpc) is 2.87. The van der Waals surface area contributed by atoms with Crippen LogP contribution in [0, 0.1) is 12.7 Å². The molecule has 0 spiro atoms. The molecule has 0 saturated carbocycles. The molecular weight excluding hydrogens is 465 g/mol. The molecule has 1 atom stereocenters. The number of pyridine rings is 1. The van der Waals surface area contributed by atoms with E-state index < -0.39 is 0 Å². The molecule has 2 N–H and O–H groups in total. The van der Waals surface area contributed by atoms with Gasteiger partial charge in [-0.2, -0.15) is 0 Å². The maximum atomic E-state index is 14.5. The molecule has 0 aliphatic heterocycles. The number of benzene rings is 1. The minimum Gasteiger partial charge on any atom is -0.390 e. The van der Waals surface area contributed by atoms with Crippen molar-refractivity contribution in [3.8, 4) is 11.3 Å². The number of rotatable bonds is 13. The molecule has 2 rings (SSSR count). The van der Waals surface area contributed by atoms with Crippen LogP contribution >= 0.6 is 0 Å². The third kappa shape index (κ3) is 7.06. The van der Waals surface area contributed by atoms with Gasteiger partial charge >= 0.3 is 0 Å². The number of hydrogen-bond acceptors (Lipinski definition) is 7. The fourth-order valence-electron chi connectivity index (χ4n) is 4.26. The zero-order valence-corrected chi connectivity index (χ0v) is 23.2. The van der Waals surface area contributed by atoms with Crippen molar-refractivity contribution in [3.05, 3.63) is 77.7 Å². The second kappa shape index (κ2) is 13.4. The van der Waals surface area contributed by atoms with Crippen LogP contribution in [0.3, 0.4) is 0 Å². The molecule has 0 amide bonds. The van der Waals surface area contributed by atoms with E-state index in [9.17, 15) is 4.39 Å². The van der Waals surface area contributed by atoms with Gasteiger partial charge in [-0.3, -0.25) is 4.99 Å². The first-order chi connectivity index (χ1) is 17.6. The monoisotopic (exact) mass is 505 g/mol. The maximum Gasteiger partial charge on any atom is 0.134 e. The summed E-state index contributed by atoms with van der Waals surface area (Å²) in [6, 6.07) is 8.65. The van der Waals surface area contributed by atoms with Crippen LogP contribution in [0.1, 0.15) is 32.8 Å². The number of aromatic nitrogens is 1. The van der Waals surface area contributed by atoms with E-state index >= 15 is 0 Å². The van der Waals surface area contributed by atoms with Gasteiger partial charge in [0.25, 0.3) is 0 Å². The number of nitrogens with zero attached hydrogens (tertiary/aromatic N) is 5. The van der Waals surface area contributed by atoms with Crippen LogP contribution in [0.2, 0.25) is 0 Å². The van der Waals surface area contributed by atoms with Gasteiger partial charge in [0.15, 0.2) is 0 Å². The van der Waals surface area contributed by atoms with Crippen molar-refractivity contribution < 1.29 is 4.39 Å². The number of allylic oxidation sites excluding steroid dienone is 2. The Hall–Kier alpha value is -3.94. The summed E-state index contributed by atoms with van der Waals surface area (Å²) in [6.45, 7) is 20.3. The molecule has 0 aliphatic rings. The van der Waals surface area contributed by atoms with Crippen molar-refractivity contribution in [1.82, 2.24) is 15.2 Å². The highest BCUT2D eigenvalue weighted by Gasteiger charge is 2.23. The largest absolute Gasteiger partial charge is 0.390 e. The predicted octanol–water partition coefficient (Wildman–Crippen LogP) is 5.98. The number of aryl methyl sites for hydroxylation is 1. The highest BCUT2D eigenvalue weighted by Crippen LogP contribution is 2.35. The van der Waals surface area contributed by atoms with Crippen LogP contribution in [-0.2, 0) is 0 Å². The Balaban J connectivity index is 2.52. The smallest absolute Gasteiger partial charge is 0.134 e. The Bertz CT molecular complexity index is 1200. The van der Waals surface area contributed by atoms with E-state index in [1.54, 1.807) is 13.3 Å². The first kappa shape index (κ1) is 29.3. The van der Waals surface area contributed by atoms with Gasteiger partial charge in [0, 0.05) is 49.9 Å². The van der Waals surface area contributed by atoms with Crippen molar-refractivity contribution in [2.45, 2.75) is 40.2 Å². The minimum absolute atomic E-state index is 0.0527. The predicted molar refractivity (Wildman–Crippen MR) is 157 cm³/mol. The van der Waals surface area contributed by atoms with Crippen molar-refractivity contribution in [2.75, 3.05) is 38.0 Å². The van der Waals surface area contributed by atoms with Gasteiger partial charge in [-0.05, 0) is 63.7 Å². The first-order valence-corrected chi connectivity index (χ1v) is 12.2. The summed E-state index contributed by atoms with van der Waals surface area (Å²) in [5.74, 6) is 1.03. The third-order valence-electron chi connectivity index (χ3n) is 6.21. The van der Waals surface area contributed by atoms with Gasteiger partial charge in [-0.15, -0.1) is 0 Å². The molecule has 0 saturated heterocycles. The summed E-state index contributed by atoms with van der Waals surface area (Å²) in [4.78, 5) is 17.3. The average molecular weight is 506 g/mol. The van der Waals surface area contributed by atoms with Gasteiger partial charge in [0.05, 0.1) is 24.1 Å². The number of nitrogens with one attached hydrogen (secondary N) is 2. The fraction of sp³-hybridized carbons (Fsp3) is 0.345. The molecule has 0 fully saturated rings. The molecule has 1 aromatic carbocycles. The highest BCUT2D eigenvalue weighted by atomic mass is 19.1. The second-order valence-corrected chi connectivity index (χ2v) is 8.88. The lowest BCUT2D eigenvalue weighted by Gasteiger charge is -2.35. The van der Waals surface area contributed by atoms with Gasteiger partial charge < -0.3 is 20.4 Å². The topological polar surface area (TPSA) is 68.2 Å². The van der Waals surface area contributed by atoms with Crippen molar-refractivity contribution in [2.24, 2.45) is 9.98 Å². The van der Waals surface area contributed by atoms with Gasteiger partial charge in [0.2, 0.25) is 0 Å². The lowest BCUT2D eigenvalue weighted by Crippen LogP contribution is -2.41. The number of halogens is 1. The van der Waals surface area contributed by atoms with E-state index in [0.717, 1.165) is 34.6 Å². The summed E-state index contributed by atoms with van der Waals surface area (Å²) in [5.41, 5.74) is 5.61. The van der Waals surface area contributed by atoms with Crippen LogP contribution in [0.4, 0.5) is 15.9 Å². The van der Waals surface area contributed by atoms with Crippen LogP contribution in [-0.4, -0.2) is 56.7 Å². The molecule has 1 heterocycles. The zero-order chi connectivity index (χ0) is 27.7. The molecule has 1 aromatic heterocycles. The summed E-state index contributed by atoms with van der Waals surface area (Å²) in [6.07, 6.45) is 2.56. The standard InChI is InChI=1S/C29H40FN7/c1-11-26(22(6)32-8)37(29(33-9)21(5)17-31-7)18-34-27-14-12-13-25(35-27)24-16-23(30)15-20(4)28(24)36(10)19(2)3/h12-17,26,32H,2,6,9,11,18H2,1,3-5,7-8,10H3,(H,34,35)/b29-21-,31-17-. The lowest BCUT2D eigenvalue weighted by molar-refractivity contribution is 0.281. The minimum atomic E-state index is -0.311. The van der Waals surface area contributed by atoms with Gasteiger partial charge in [0.1, 0.15) is 17.5 Å². The summed E-state index contributed by atoms with van der Waals surface area (Å²) in [5, 5.41) is 6.58. The zero-order valence-electron chi connectivity index (χ0n) is 23.2. The Morgan fingerprint density at radius 1 is 1.24 bits per heavy atom. The van der Waals surface area contributed by atoms with E-state index in [2.05, 4.69) is 52.3 Å². The van der Waals surface area contributed by atoms with Crippen molar-refractivity contribution in [1.29, 1.82) is 0 Å². The van der Waals surface area contributed by atoms with Crippen molar-refractivity contribution in [3.63, 3.8) is 0 Å². The molecule has 8 heteroatoms. The molecule has 37 heavy (non-hydrogen) atoms. The van der Waals surface area contributed by atoms with E-state index in [0.29, 0.717) is 29.6 Å². The molecular formula is C29H40FN7. The quantitative estimate of drug-likeness (QED) is 0.259. The molecule has 2 aromatic rings. The molecule has 0 aliphatic carbocycles. The van der Waals surface area contributed by atoms with Crippen molar-refractivity contribution >= 4 is 24.4 Å². The number of aliphatic imine (C=N–C) groups is 2. The Labute approximate surface area is 221 Å². The van der Waals surface area contributed by atoms with Crippen LogP contribution in [0.15, 0.2) is 76.3 Å². The summed E-state index contributed by atoms with van der Waals surface area (Å²) in [7, 11) is 5.50. The normalized spacial score (nSPS) is 12.5. The fourth-order valence-corrected chi connectivity index (χ4v) is 4.26. The van der Waals surface area contributed by atoms with E-state index in [-0.39, 0.29) is 11.9 Å². The van der Waals surface area contributed by atoms with E-state index in [4.69, 9.17) is 4.98 Å². The highest BCUT2D eigenvalue weighted by molar-refractivity contribution is 5.81. The van der Waals surface area contributed by atoms with E-state index in [1.165, 1.54) is 12.1 Å². The van der Waals surface area contributed by atoms with Crippen LogP contribution in [0.5, 0.6) is 0 Å². The second-order valence-electron chi connectivity index (χ2n) is 8.88. The SMILES string of the molecule is C=N/C(=C(C)/C=N\C)N(CNc1cccc(-c2cc(F)cc(C)c2N(C)C(=C)C)n1)C(CC)C(=C)NC. The molecule has 0 bridgehead atoms. The Morgan fingerprint density at radius 3 is 2.51 bits per heavy atom. The third-order valence-corrected chi connectivity index (χ3v) is 6.21. The Kier molecular flexibility index (Phi) is 10.6. The number of hydrogen-bond donors (Lipinski definition) is 2. The van der Waals surface area contributed by atoms with Crippen LogP contribution < -0.4 is 15.5 Å². The molecule has 1 unspecified atom stereocenters. The lowest BCUT2D eigenvalue weighted by atomic mass is 10.0. The maximum absolute atomic E-state index is 14.5.